The van der Waals surface area contributed by atoms with Crippen LogP contribution in [0.4, 0.5) is 0 Å². The number of hydrogen-bond acceptors (Lipinski definition) is 3. The number of nitrogens with zero attached hydrogens (tertiary/aromatic N) is 2. The largest absolute Gasteiger partial charge is 0.478 e. The number of carbonyl (C=O) groups excluding carboxylic acids is 1. The van der Waals surface area contributed by atoms with E-state index in [0.29, 0.717) is 35.1 Å². The average Bonchev–Trinajstić information content (AvgIpc) is 3.28. The van der Waals surface area contributed by atoms with Gasteiger partial charge in [-0.1, -0.05) is 55.1 Å². The van der Waals surface area contributed by atoms with Crippen LogP contribution < -0.4 is 5.32 Å². The number of aromatic nitrogens is 2. The Labute approximate surface area is 214 Å². The molecule has 1 aliphatic carbocycles. The van der Waals surface area contributed by atoms with Crippen LogP contribution >= 0.6 is 11.6 Å². The second-order valence-corrected chi connectivity index (χ2v) is 9.76. The molecule has 36 heavy (non-hydrogen) atoms. The van der Waals surface area contributed by atoms with Gasteiger partial charge in [0.15, 0.2) is 0 Å². The fourth-order valence-corrected chi connectivity index (χ4v) is 5.24. The fourth-order valence-electron chi connectivity index (χ4n) is 5.03. The Morgan fingerprint density at radius 2 is 1.72 bits per heavy atom. The molecular formula is C29H28ClN3O3. The Bertz CT molecular complexity index is 1410. The van der Waals surface area contributed by atoms with Gasteiger partial charge in [0.05, 0.1) is 16.6 Å². The zero-order valence-electron chi connectivity index (χ0n) is 19.9. The number of nitrogens with one attached hydrogen (secondary N) is 1. The highest BCUT2D eigenvalue weighted by molar-refractivity contribution is 6.30. The Balaban J connectivity index is 1.38. The lowest BCUT2D eigenvalue weighted by Gasteiger charge is -2.25. The standard InChI is InChI=1S/C29H28ClN3O3/c30-23-6-4-5-19(17-23)15-16-31-28(34)21-11-9-20(10-12-21)27-32-25-18-22(29(35)36)13-14-26(25)33(27)24-7-2-1-3-8-24/h4-6,9-14,17-18,24H,1-3,7-8,15-16H2,(H,31,34)(H,35,36). The summed E-state index contributed by atoms with van der Waals surface area (Å²) >= 11 is 6.04. The molecule has 0 unspecified atom stereocenters. The SMILES string of the molecule is O=C(O)c1ccc2c(c1)nc(-c1ccc(C(=O)NCCc3cccc(Cl)c3)cc1)n2C1CCCCC1. The van der Waals surface area contributed by atoms with Crippen molar-refractivity contribution in [3.05, 3.63) is 88.4 Å². The van der Waals surface area contributed by atoms with Crippen LogP contribution in [0.25, 0.3) is 22.4 Å². The number of benzene rings is 3. The first-order chi connectivity index (χ1) is 17.5. The lowest BCUT2D eigenvalue weighted by atomic mass is 9.94. The topological polar surface area (TPSA) is 84.2 Å². The maximum Gasteiger partial charge on any atom is 0.335 e. The summed E-state index contributed by atoms with van der Waals surface area (Å²) in [7, 11) is 0. The Hall–Kier alpha value is -3.64. The first-order valence-corrected chi connectivity index (χ1v) is 12.8. The molecule has 0 spiro atoms. The van der Waals surface area contributed by atoms with Crippen molar-refractivity contribution >= 4 is 34.5 Å². The van der Waals surface area contributed by atoms with Crippen molar-refractivity contribution in [3.8, 4) is 11.4 Å². The van der Waals surface area contributed by atoms with E-state index in [1.54, 1.807) is 12.1 Å². The number of imidazole rings is 1. The second kappa shape index (κ2) is 10.5. The van der Waals surface area contributed by atoms with E-state index in [0.717, 1.165) is 35.3 Å². The van der Waals surface area contributed by atoms with Crippen LogP contribution in [0.1, 0.15) is 64.4 Å². The van der Waals surface area contributed by atoms with Crippen molar-refractivity contribution in [1.29, 1.82) is 0 Å². The van der Waals surface area contributed by atoms with Gasteiger partial charge < -0.3 is 15.0 Å². The number of carboxylic acid groups (broad SMARTS) is 1. The molecule has 1 aromatic heterocycles. The molecule has 1 fully saturated rings. The van der Waals surface area contributed by atoms with Crippen LogP contribution in [0, 0.1) is 0 Å². The molecule has 0 atom stereocenters. The molecule has 6 nitrogen and oxygen atoms in total. The van der Waals surface area contributed by atoms with E-state index >= 15 is 0 Å². The average molecular weight is 502 g/mol. The summed E-state index contributed by atoms with van der Waals surface area (Å²) in [5.74, 6) is -0.279. The van der Waals surface area contributed by atoms with Crippen molar-refractivity contribution in [2.45, 2.75) is 44.6 Å². The highest BCUT2D eigenvalue weighted by Gasteiger charge is 2.23. The Kier molecular flexibility index (Phi) is 7.05. The summed E-state index contributed by atoms with van der Waals surface area (Å²) in [5.41, 5.74) is 4.42. The molecule has 184 valence electrons. The first-order valence-electron chi connectivity index (χ1n) is 12.4. The third kappa shape index (κ3) is 5.14. The zero-order chi connectivity index (χ0) is 25.1. The van der Waals surface area contributed by atoms with E-state index in [1.807, 2.05) is 54.6 Å². The summed E-state index contributed by atoms with van der Waals surface area (Å²) in [4.78, 5) is 29.0. The number of carboxylic acids is 1. The number of amides is 1. The maximum absolute atomic E-state index is 12.7. The minimum absolute atomic E-state index is 0.129. The molecule has 3 aromatic carbocycles. The second-order valence-electron chi connectivity index (χ2n) is 9.32. The van der Waals surface area contributed by atoms with Crippen LogP contribution in [0.15, 0.2) is 66.7 Å². The monoisotopic (exact) mass is 501 g/mol. The van der Waals surface area contributed by atoms with Gasteiger partial charge in [0.1, 0.15) is 5.82 Å². The van der Waals surface area contributed by atoms with Crippen molar-refractivity contribution in [3.63, 3.8) is 0 Å². The number of halogens is 1. The van der Waals surface area contributed by atoms with Gasteiger partial charge in [0.25, 0.3) is 5.91 Å². The quantitative estimate of drug-likeness (QED) is 0.301. The summed E-state index contributed by atoms with van der Waals surface area (Å²) in [6.07, 6.45) is 6.44. The van der Waals surface area contributed by atoms with Crippen molar-refractivity contribution in [1.82, 2.24) is 14.9 Å². The summed E-state index contributed by atoms with van der Waals surface area (Å²) in [6.45, 7) is 0.518. The molecule has 7 heteroatoms. The molecule has 4 aromatic rings. The zero-order valence-corrected chi connectivity index (χ0v) is 20.7. The van der Waals surface area contributed by atoms with Crippen molar-refractivity contribution in [2.75, 3.05) is 6.54 Å². The molecule has 0 radical (unpaired) electrons. The lowest BCUT2D eigenvalue weighted by Crippen LogP contribution is -2.25. The molecule has 0 saturated heterocycles. The molecule has 2 N–H and O–H groups in total. The van der Waals surface area contributed by atoms with E-state index in [2.05, 4.69) is 9.88 Å². The number of carbonyl (C=O) groups is 2. The highest BCUT2D eigenvalue weighted by Crippen LogP contribution is 2.36. The van der Waals surface area contributed by atoms with Gasteiger partial charge in [-0.05, 0) is 67.3 Å². The van der Waals surface area contributed by atoms with Gasteiger partial charge in [0, 0.05) is 28.7 Å². The summed E-state index contributed by atoms with van der Waals surface area (Å²) < 4.78 is 2.26. The van der Waals surface area contributed by atoms with Gasteiger partial charge >= 0.3 is 5.97 Å². The number of aromatic carboxylic acids is 1. The van der Waals surface area contributed by atoms with Crippen LogP contribution in [0.5, 0.6) is 0 Å². The van der Waals surface area contributed by atoms with Crippen LogP contribution in [-0.2, 0) is 6.42 Å². The van der Waals surface area contributed by atoms with E-state index in [1.165, 1.54) is 19.3 Å². The van der Waals surface area contributed by atoms with Gasteiger partial charge in [-0.3, -0.25) is 4.79 Å². The van der Waals surface area contributed by atoms with Crippen LogP contribution in [-0.4, -0.2) is 33.1 Å². The van der Waals surface area contributed by atoms with Gasteiger partial charge in [-0.15, -0.1) is 0 Å². The molecule has 1 amide bonds. The predicted molar refractivity (Wildman–Crippen MR) is 142 cm³/mol. The lowest BCUT2D eigenvalue weighted by molar-refractivity contribution is 0.0696. The summed E-state index contributed by atoms with van der Waals surface area (Å²) in [6, 6.07) is 20.6. The van der Waals surface area contributed by atoms with E-state index in [4.69, 9.17) is 16.6 Å². The summed E-state index contributed by atoms with van der Waals surface area (Å²) in [5, 5.41) is 13.1. The van der Waals surface area contributed by atoms with Gasteiger partial charge in [-0.25, -0.2) is 9.78 Å². The van der Waals surface area contributed by atoms with E-state index in [9.17, 15) is 14.7 Å². The smallest absolute Gasteiger partial charge is 0.335 e. The fraction of sp³-hybridized carbons (Fsp3) is 0.276. The first kappa shape index (κ1) is 24.1. The van der Waals surface area contributed by atoms with E-state index < -0.39 is 5.97 Å². The number of rotatable bonds is 7. The number of fused-ring (bicyclic) bond motifs is 1. The van der Waals surface area contributed by atoms with Crippen LogP contribution in [0.3, 0.4) is 0 Å². The van der Waals surface area contributed by atoms with Gasteiger partial charge in [-0.2, -0.15) is 0 Å². The molecule has 0 bridgehead atoms. The third-order valence-electron chi connectivity index (χ3n) is 6.87. The molecule has 0 aliphatic heterocycles. The molecule has 1 heterocycles. The minimum Gasteiger partial charge on any atom is -0.478 e. The highest BCUT2D eigenvalue weighted by atomic mass is 35.5. The van der Waals surface area contributed by atoms with Crippen LogP contribution in [0.2, 0.25) is 5.02 Å². The minimum atomic E-state index is -0.962. The number of hydrogen-bond donors (Lipinski definition) is 2. The van der Waals surface area contributed by atoms with Crippen molar-refractivity contribution < 1.29 is 14.7 Å². The third-order valence-corrected chi connectivity index (χ3v) is 7.10. The predicted octanol–water partition coefficient (Wildman–Crippen LogP) is 6.53. The Morgan fingerprint density at radius 1 is 0.972 bits per heavy atom. The molecule has 5 rings (SSSR count). The Morgan fingerprint density at radius 3 is 2.44 bits per heavy atom. The normalized spacial score (nSPS) is 14.1. The molecular weight excluding hydrogens is 474 g/mol. The maximum atomic E-state index is 12.7. The molecule has 1 saturated carbocycles. The van der Waals surface area contributed by atoms with E-state index in [-0.39, 0.29) is 11.5 Å². The molecule has 1 aliphatic rings. The van der Waals surface area contributed by atoms with Gasteiger partial charge in [0.2, 0.25) is 0 Å². The van der Waals surface area contributed by atoms with Crippen molar-refractivity contribution in [2.24, 2.45) is 0 Å².